The Labute approximate surface area is 137 Å². The molecule has 0 amide bonds. The maximum atomic E-state index is 12.5. The number of phenols is 3. The van der Waals surface area contributed by atoms with Crippen molar-refractivity contribution in [2.75, 3.05) is 13.2 Å². The Bertz CT molecular complexity index is 814. The smallest absolute Gasteiger partial charge is 0.232 e. The van der Waals surface area contributed by atoms with Gasteiger partial charge in [0.1, 0.15) is 0 Å². The number of hydrogen-bond acceptors (Lipinski definition) is 7. The summed E-state index contributed by atoms with van der Waals surface area (Å²) >= 11 is 0. The van der Waals surface area contributed by atoms with E-state index in [1.165, 1.54) is 12.1 Å². The molecule has 130 valence electrons. The van der Waals surface area contributed by atoms with Crippen LogP contribution in [0.1, 0.15) is 24.0 Å². The molecule has 7 heteroatoms. The molecule has 0 saturated heterocycles. The van der Waals surface area contributed by atoms with E-state index in [1.807, 2.05) is 0 Å². The lowest BCUT2D eigenvalue weighted by Gasteiger charge is -2.10. The Balaban J connectivity index is 2.87. The van der Waals surface area contributed by atoms with E-state index >= 15 is 0 Å². The average molecular weight is 336 g/mol. The lowest BCUT2D eigenvalue weighted by Crippen LogP contribution is -2.02. The number of aliphatic hydroxyl groups is 2. The van der Waals surface area contributed by atoms with Crippen molar-refractivity contribution < 1.29 is 30.6 Å². The number of rotatable bonds is 6. The molecule has 0 saturated carbocycles. The molecule has 0 fully saturated rings. The molecule has 7 nitrogen and oxygen atoms in total. The maximum absolute atomic E-state index is 12.5. The predicted octanol–water partition coefficient (Wildman–Crippen LogP) is 0.872. The summed E-state index contributed by atoms with van der Waals surface area (Å²) < 4.78 is 0. The molecule has 0 unspecified atom stereocenters. The van der Waals surface area contributed by atoms with Crippen molar-refractivity contribution >= 4 is 10.8 Å². The molecule has 2 aromatic carbocycles. The minimum absolute atomic E-state index is 0.111. The highest BCUT2D eigenvalue weighted by atomic mass is 16.3. The molecule has 0 bridgehead atoms. The molecular weight excluding hydrogens is 316 g/mol. The number of aromatic hydroxyl groups is 4. The first-order valence-corrected chi connectivity index (χ1v) is 7.60. The van der Waals surface area contributed by atoms with Crippen LogP contribution in [0.25, 0.3) is 10.8 Å². The van der Waals surface area contributed by atoms with E-state index in [0.29, 0.717) is 6.42 Å². The van der Waals surface area contributed by atoms with Gasteiger partial charge in [0.2, 0.25) is 11.2 Å². The van der Waals surface area contributed by atoms with E-state index in [9.17, 15) is 25.2 Å². The van der Waals surface area contributed by atoms with Gasteiger partial charge in [-0.3, -0.25) is 4.79 Å². The minimum Gasteiger partial charge on any atom is -0.504 e. The first-order chi connectivity index (χ1) is 11.4. The summed E-state index contributed by atoms with van der Waals surface area (Å²) in [6.07, 6.45) is 1.04. The molecule has 0 aliphatic rings. The number of hydrogen-bond donors (Lipinski definition) is 6. The van der Waals surface area contributed by atoms with Gasteiger partial charge in [-0.1, -0.05) is 12.1 Å². The lowest BCUT2D eigenvalue weighted by atomic mass is 9.99. The van der Waals surface area contributed by atoms with Crippen molar-refractivity contribution in [2.45, 2.75) is 25.7 Å². The second-order valence-corrected chi connectivity index (χ2v) is 5.50. The van der Waals surface area contributed by atoms with Crippen LogP contribution in [0.4, 0.5) is 0 Å². The second-order valence-electron chi connectivity index (χ2n) is 5.50. The summed E-state index contributed by atoms with van der Waals surface area (Å²) in [6, 6.07) is 2.95. The number of phenolic OH excluding ortho intramolecular Hbond substituents is 3. The number of aliphatic hydroxyl groups excluding tert-OH is 2. The molecule has 2 rings (SSSR count). The molecule has 6 N–H and O–H groups in total. The standard InChI is InChI=1S/C17H20O7/c18-7-1-3-9-5-6-10-11(4-2-8-19)14(21)17(24)16(23)12(10)15(22)13(9)20/h5-6,18-19,21,23-24H,1-4,7-8H2,(H,20,22). The van der Waals surface area contributed by atoms with Crippen molar-refractivity contribution in [3.05, 3.63) is 33.5 Å². The fourth-order valence-corrected chi connectivity index (χ4v) is 2.70. The van der Waals surface area contributed by atoms with E-state index in [2.05, 4.69) is 0 Å². The third kappa shape index (κ3) is 3.08. The first kappa shape index (κ1) is 17.8. The van der Waals surface area contributed by atoms with Gasteiger partial charge in [0.25, 0.3) is 0 Å². The van der Waals surface area contributed by atoms with E-state index in [-0.39, 0.29) is 54.4 Å². The maximum Gasteiger partial charge on any atom is 0.232 e. The van der Waals surface area contributed by atoms with Crippen molar-refractivity contribution in [1.82, 2.24) is 0 Å². The van der Waals surface area contributed by atoms with Gasteiger partial charge >= 0.3 is 0 Å². The summed E-state index contributed by atoms with van der Waals surface area (Å²) in [5.41, 5.74) is -0.382. The first-order valence-electron chi connectivity index (χ1n) is 7.60. The molecule has 0 aromatic heterocycles. The number of aryl methyl sites for hydroxylation is 2. The summed E-state index contributed by atoms with van der Waals surface area (Å²) in [5.74, 6) is -2.78. The highest BCUT2D eigenvalue weighted by Crippen LogP contribution is 2.44. The third-order valence-electron chi connectivity index (χ3n) is 3.95. The summed E-state index contributed by atoms with van der Waals surface area (Å²) in [4.78, 5) is 12.5. The van der Waals surface area contributed by atoms with E-state index in [4.69, 9.17) is 10.2 Å². The van der Waals surface area contributed by atoms with Crippen molar-refractivity contribution in [2.24, 2.45) is 0 Å². The summed E-state index contributed by atoms with van der Waals surface area (Å²) in [6.45, 7) is -0.265. The van der Waals surface area contributed by atoms with E-state index in [0.717, 1.165) is 0 Å². The second kappa shape index (κ2) is 7.37. The molecule has 0 heterocycles. The van der Waals surface area contributed by atoms with Crippen LogP contribution in [0.5, 0.6) is 23.0 Å². The summed E-state index contributed by atoms with van der Waals surface area (Å²) in [7, 11) is 0. The fraction of sp³-hybridized carbons (Fsp3) is 0.353. The lowest BCUT2D eigenvalue weighted by molar-refractivity contribution is 0.287. The quantitative estimate of drug-likeness (QED) is 0.430. The van der Waals surface area contributed by atoms with E-state index in [1.54, 1.807) is 0 Å². The van der Waals surface area contributed by atoms with Gasteiger partial charge in [0, 0.05) is 18.8 Å². The zero-order valence-electron chi connectivity index (χ0n) is 13.0. The van der Waals surface area contributed by atoms with Crippen LogP contribution in [-0.4, -0.2) is 43.9 Å². The van der Waals surface area contributed by atoms with Crippen molar-refractivity contribution in [3.63, 3.8) is 0 Å². The van der Waals surface area contributed by atoms with Crippen LogP contribution in [0, 0.1) is 0 Å². The van der Waals surface area contributed by atoms with E-state index < -0.39 is 28.4 Å². The van der Waals surface area contributed by atoms with Crippen LogP contribution in [0.2, 0.25) is 0 Å². The van der Waals surface area contributed by atoms with Crippen LogP contribution in [-0.2, 0) is 12.8 Å². The number of benzene rings is 1. The summed E-state index contributed by atoms with van der Waals surface area (Å²) in [5, 5.41) is 57.9. The molecular formula is C17H20O7. The molecule has 0 radical (unpaired) electrons. The number of fused-ring (bicyclic) bond motifs is 1. The molecule has 0 aliphatic carbocycles. The Morgan fingerprint density at radius 3 is 2.00 bits per heavy atom. The largest absolute Gasteiger partial charge is 0.504 e. The van der Waals surface area contributed by atoms with Crippen LogP contribution < -0.4 is 5.43 Å². The van der Waals surface area contributed by atoms with Gasteiger partial charge in [-0.15, -0.1) is 0 Å². The van der Waals surface area contributed by atoms with Crippen LogP contribution in [0.3, 0.4) is 0 Å². The molecule has 0 aliphatic heterocycles. The zero-order valence-corrected chi connectivity index (χ0v) is 13.0. The van der Waals surface area contributed by atoms with Gasteiger partial charge in [-0.25, -0.2) is 0 Å². The Kier molecular flexibility index (Phi) is 5.48. The van der Waals surface area contributed by atoms with Crippen LogP contribution in [0.15, 0.2) is 16.9 Å². The monoisotopic (exact) mass is 336 g/mol. The highest BCUT2D eigenvalue weighted by molar-refractivity contribution is 5.96. The molecule has 0 spiro atoms. The minimum atomic E-state index is -0.874. The van der Waals surface area contributed by atoms with Gasteiger partial charge in [-0.05, 0) is 36.6 Å². The van der Waals surface area contributed by atoms with Crippen LogP contribution >= 0.6 is 0 Å². The van der Waals surface area contributed by atoms with Crippen molar-refractivity contribution in [1.29, 1.82) is 0 Å². The Morgan fingerprint density at radius 1 is 0.750 bits per heavy atom. The van der Waals surface area contributed by atoms with Gasteiger partial charge in [0.05, 0.1) is 5.39 Å². The predicted molar refractivity (Wildman–Crippen MR) is 87.7 cm³/mol. The zero-order chi connectivity index (χ0) is 17.9. The average Bonchev–Trinajstić information content (AvgIpc) is 2.69. The van der Waals surface area contributed by atoms with Gasteiger partial charge in [0.15, 0.2) is 17.2 Å². The van der Waals surface area contributed by atoms with Gasteiger partial charge < -0.3 is 30.6 Å². The fourth-order valence-electron chi connectivity index (χ4n) is 2.70. The Hall–Kier alpha value is -2.51. The normalized spacial score (nSPS) is 11.1. The topological polar surface area (TPSA) is 138 Å². The Morgan fingerprint density at radius 2 is 1.38 bits per heavy atom. The van der Waals surface area contributed by atoms with Crippen molar-refractivity contribution in [3.8, 4) is 23.0 Å². The SMILES string of the molecule is O=c1c(O)c(CCCO)ccc2c(CCCO)c(O)c(O)c(O)c12. The molecule has 2 aromatic rings. The highest BCUT2D eigenvalue weighted by Gasteiger charge is 2.21. The third-order valence-corrected chi connectivity index (χ3v) is 3.95. The molecule has 0 atom stereocenters. The van der Waals surface area contributed by atoms with Gasteiger partial charge in [-0.2, -0.15) is 0 Å². The molecule has 24 heavy (non-hydrogen) atoms.